The summed E-state index contributed by atoms with van der Waals surface area (Å²) in [5.74, 6) is -0.470. The maximum Gasteiger partial charge on any atom is 0.337 e. The van der Waals surface area contributed by atoms with Crippen LogP contribution in [-0.2, 0) is 9.59 Å². The van der Waals surface area contributed by atoms with Crippen molar-refractivity contribution < 1.29 is 19.5 Å². The molecule has 7 heteroatoms. The van der Waals surface area contributed by atoms with E-state index in [9.17, 15) is 19.5 Å². The van der Waals surface area contributed by atoms with E-state index >= 15 is 0 Å². The van der Waals surface area contributed by atoms with E-state index in [1.807, 2.05) is 22.6 Å². The summed E-state index contributed by atoms with van der Waals surface area (Å²) >= 11 is 3.25. The lowest BCUT2D eigenvalue weighted by molar-refractivity contribution is -0.117. The Balaban J connectivity index is 2.21. The number of hydrogen-bond acceptors (Lipinski definition) is 4. The van der Waals surface area contributed by atoms with Crippen LogP contribution in [0, 0.1) is 9.49 Å². The van der Waals surface area contributed by atoms with Crippen molar-refractivity contribution in [1.29, 1.82) is 0 Å². The SMILES string of the molecule is CC(=O)SCC1CC(=O)N(c2ccc(I)cc2C(=O)O)C1. The molecule has 1 atom stereocenters. The number of halogens is 1. The van der Waals surface area contributed by atoms with Gasteiger partial charge in [-0.15, -0.1) is 0 Å². The van der Waals surface area contributed by atoms with Crippen molar-refractivity contribution in [3.63, 3.8) is 0 Å². The van der Waals surface area contributed by atoms with Crippen LogP contribution in [0.1, 0.15) is 23.7 Å². The molecular weight excluding hydrogens is 405 g/mol. The number of aromatic carboxylic acids is 1. The van der Waals surface area contributed by atoms with E-state index in [1.165, 1.54) is 23.6 Å². The molecule has 1 aliphatic rings. The minimum Gasteiger partial charge on any atom is -0.478 e. The van der Waals surface area contributed by atoms with E-state index in [1.54, 1.807) is 18.2 Å². The lowest BCUT2D eigenvalue weighted by atomic mass is 10.1. The molecule has 2 rings (SSSR count). The van der Waals surface area contributed by atoms with Gasteiger partial charge in [-0.3, -0.25) is 9.59 Å². The molecule has 1 aromatic carbocycles. The number of anilines is 1. The average molecular weight is 419 g/mol. The fraction of sp³-hybridized carbons (Fsp3) is 0.357. The first-order valence-corrected chi connectivity index (χ1v) is 8.41. The van der Waals surface area contributed by atoms with E-state index in [-0.39, 0.29) is 22.5 Å². The number of carbonyl (C=O) groups is 3. The van der Waals surface area contributed by atoms with Gasteiger partial charge in [0.2, 0.25) is 5.91 Å². The van der Waals surface area contributed by atoms with Crippen molar-refractivity contribution in [2.24, 2.45) is 5.92 Å². The summed E-state index contributed by atoms with van der Waals surface area (Å²) in [6.45, 7) is 1.96. The smallest absolute Gasteiger partial charge is 0.337 e. The number of hydrogen-bond donors (Lipinski definition) is 1. The van der Waals surface area contributed by atoms with E-state index in [0.717, 1.165) is 3.57 Å². The van der Waals surface area contributed by atoms with Gasteiger partial charge in [0.15, 0.2) is 5.12 Å². The minimum atomic E-state index is -1.04. The molecule has 0 radical (unpaired) electrons. The molecular formula is C14H14INO4S. The fourth-order valence-corrected chi connectivity index (χ4v) is 3.46. The zero-order valence-electron chi connectivity index (χ0n) is 11.3. The van der Waals surface area contributed by atoms with Crippen molar-refractivity contribution in [1.82, 2.24) is 0 Å². The zero-order valence-corrected chi connectivity index (χ0v) is 14.3. The van der Waals surface area contributed by atoms with Crippen molar-refractivity contribution in [3.8, 4) is 0 Å². The predicted octanol–water partition coefficient (Wildman–Crippen LogP) is 2.62. The quantitative estimate of drug-likeness (QED) is 0.760. The molecule has 0 aliphatic carbocycles. The number of rotatable bonds is 4. The number of carboxylic acids is 1. The third-order valence-electron chi connectivity index (χ3n) is 3.21. The first kappa shape index (κ1) is 16.3. The molecule has 1 aromatic rings. The molecule has 0 saturated carbocycles. The van der Waals surface area contributed by atoms with Gasteiger partial charge in [-0.05, 0) is 46.7 Å². The van der Waals surface area contributed by atoms with E-state index < -0.39 is 5.97 Å². The maximum absolute atomic E-state index is 12.1. The monoisotopic (exact) mass is 419 g/mol. The zero-order chi connectivity index (χ0) is 15.6. The Morgan fingerprint density at radius 3 is 2.81 bits per heavy atom. The van der Waals surface area contributed by atoms with Crippen molar-refractivity contribution in [2.45, 2.75) is 13.3 Å². The Labute approximate surface area is 140 Å². The second-order valence-corrected chi connectivity index (χ2v) is 7.29. The lowest BCUT2D eigenvalue weighted by Gasteiger charge is -2.19. The molecule has 0 spiro atoms. The van der Waals surface area contributed by atoms with Crippen LogP contribution in [0.2, 0.25) is 0 Å². The second kappa shape index (κ2) is 6.78. The Morgan fingerprint density at radius 1 is 1.48 bits per heavy atom. The second-order valence-electron chi connectivity index (χ2n) is 4.84. The standard InChI is InChI=1S/C14H14INO4S/c1-8(17)21-7-9-4-13(18)16(6-9)12-3-2-10(15)5-11(12)14(19)20/h2-3,5,9H,4,6-7H2,1H3,(H,19,20). The summed E-state index contributed by atoms with van der Waals surface area (Å²) in [4.78, 5) is 36.0. The van der Waals surface area contributed by atoms with Crippen LogP contribution >= 0.6 is 34.4 Å². The summed E-state index contributed by atoms with van der Waals surface area (Å²) in [6.07, 6.45) is 0.353. The van der Waals surface area contributed by atoms with Gasteiger partial charge < -0.3 is 10.0 Å². The third-order valence-corrected chi connectivity index (χ3v) is 4.92. The summed E-state index contributed by atoms with van der Waals surface area (Å²) in [7, 11) is 0. The van der Waals surface area contributed by atoms with Gasteiger partial charge in [0.05, 0.1) is 11.3 Å². The van der Waals surface area contributed by atoms with Gasteiger partial charge in [-0.25, -0.2) is 4.79 Å². The number of carbonyl (C=O) groups excluding carboxylic acids is 2. The van der Waals surface area contributed by atoms with Crippen LogP contribution in [0.4, 0.5) is 5.69 Å². The highest BCUT2D eigenvalue weighted by Crippen LogP contribution is 2.30. The molecule has 1 N–H and O–H groups in total. The first-order valence-electron chi connectivity index (χ1n) is 6.35. The summed E-state index contributed by atoms with van der Waals surface area (Å²) in [5, 5.41) is 9.32. The van der Waals surface area contributed by atoms with E-state index in [0.29, 0.717) is 24.4 Å². The summed E-state index contributed by atoms with van der Waals surface area (Å²) < 4.78 is 0.809. The number of amides is 1. The minimum absolute atomic E-state index is 0.0291. The predicted molar refractivity (Wildman–Crippen MR) is 89.7 cm³/mol. The largest absolute Gasteiger partial charge is 0.478 e. The molecule has 21 heavy (non-hydrogen) atoms. The number of thioether (sulfide) groups is 1. The molecule has 1 saturated heterocycles. The summed E-state index contributed by atoms with van der Waals surface area (Å²) in [5.41, 5.74) is 0.568. The first-order chi connectivity index (χ1) is 9.88. The topological polar surface area (TPSA) is 74.7 Å². The van der Waals surface area contributed by atoms with Gasteiger partial charge in [0.1, 0.15) is 0 Å². The number of nitrogens with zero attached hydrogens (tertiary/aromatic N) is 1. The normalized spacial score (nSPS) is 18.1. The number of benzene rings is 1. The average Bonchev–Trinajstić information content (AvgIpc) is 2.77. The molecule has 1 heterocycles. The van der Waals surface area contributed by atoms with Crippen molar-refractivity contribution in [2.75, 3.05) is 17.2 Å². The van der Waals surface area contributed by atoms with E-state index in [2.05, 4.69) is 0 Å². The Hall–Kier alpha value is -1.09. The van der Waals surface area contributed by atoms with Crippen molar-refractivity contribution >= 4 is 57.0 Å². The van der Waals surface area contributed by atoms with Gasteiger partial charge in [0, 0.05) is 29.2 Å². The van der Waals surface area contributed by atoms with Crippen LogP contribution in [0.25, 0.3) is 0 Å². The summed E-state index contributed by atoms with van der Waals surface area (Å²) in [6, 6.07) is 5.01. The molecule has 1 amide bonds. The van der Waals surface area contributed by atoms with E-state index in [4.69, 9.17) is 0 Å². The highest BCUT2D eigenvalue weighted by molar-refractivity contribution is 14.1. The van der Waals surface area contributed by atoms with Crippen molar-refractivity contribution in [3.05, 3.63) is 27.3 Å². The third kappa shape index (κ3) is 3.97. The lowest BCUT2D eigenvalue weighted by Crippen LogP contribution is -2.26. The highest BCUT2D eigenvalue weighted by Gasteiger charge is 2.32. The molecule has 112 valence electrons. The van der Waals surface area contributed by atoms with Gasteiger partial charge in [0.25, 0.3) is 0 Å². The van der Waals surface area contributed by atoms with Gasteiger partial charge in [-0.1, -0.05) is 11.8 Å². The van der Waals surface area contributed by atoms with Crippen LogP contribution in [0.15, 0.2) is 18.2 Å². The molecule has 1 unspecified atom stereocenters. The maximum atomic E-state index is 12.1. The highest BCUT2D eigenvalue weighted by atomic mass is 127. The molecule has 5 nitrogen and oxygen atoms in total. The Kier molecular flexibility index (Phi) is 5.26. The molecule has 0 aromatic heterocycles. The van der Waals surface area contributed by atoms with Crippen LogP contribution < -0.4 is 4.90 Å². The van der Waals surface area contributed by atoms with Crippen LogP contribution in [-0.4, -0.2) is 34.4 Å². The molecule has 0 bridgehead atoms. The molecule has 1 fully saturated rings. The number of carboxylic acid groups (broad SMARTS) is 1. The fourth-order valence-electron chi connectivity index (χ4n) is 2.28. The van der Waals surface area contributed by atoms with Crippen LogP contribution in [0.3, 0.4) is 0 Å². The Morgan fingerprint density at radius 2 is 2.19 bits per heavy atom. The molecule has 1 aliphatic heterocycles. The van der Waals surface area contributed by atoms with Gasteiger partial charge in [-0.2, -0.15) is 0 Å². The Bertz CT molecular complexity index is 605. The van der Waals surface area contributed by atoms with Crippen LogP contribution in [0.5, 0.6) is 0 Å². The van der Waals surface area contributed by atoms with Gasteiger partial charge >= 0.3 is 5.97 Å².